The predicted octanol–water partition coefficient (Wildman–Crippen LogP) is 2.48. The molecule has 0 bridgehead atoms. The van der Waals surface area contributed by atoms with E-state index < -0.39 is 10.5 Å². The Morgan fingerprint density at radius 2 is 0.850 bits per heavy atom. The summed E-state index contributed by atoms with van der Waals surface area (Å²) in [5.41, 5.74) is -0.237. The van der Waals surface area contributed by atoms with Gasteiger partial charge in [-0.15, -0.1) is 0 Å². The quantitative estimate of drug-likeness (QED) is 0.749. The molecule has 0 saturated carbocycles. The Hall–Kier alpha value is -1.66. The highest BCUT2D eigenvalue weighted by atomic mass is 35.5. The Morgan fingerprint density at radius 3 is 0.950 bits per heavy atom. The van der Waals surface area contributed by atoms with E-state index in [2.05, 4.69) is 0 Å². The molecular formula is C12H12Cl2O6. The van der Waals surface area contributed by atoms with E-state index in [1.165, 1.54) is 28.4 Å². The van der Waals surface area contributed by atoms with Crippen molar-refractivity contribution < 1.29 is 28.5 Å². The largest absolute Gasteiger partial charge is 0.492 e. The van der Waals surface area contributed by atoms with Gasteiger partial charge in [0.15, 0.2) is 23.0 Å². The maximum absolute atomic E-state index is 11.6. The van der Waals surface area contributed by atoms with Crippen molar-refractivity contribution >= 4 is 33.7 Å². The lowest BCUT2D eigenvalue weighted by Crippen LogP contribution is -2.09. The molecule has 6 nitrogen and oxygen atoms in total. The van der Waals surface area contributed by atoms with E-state index in [1.807, 2.05) is 0 Å². The number of benzene rings is 1. The SMILES string of the molecule is COc1c(OC)c(C(=O)Cl)c(OC)c(OC)c1C(=O)Cl. The molecule has 0 spiro atoms. The van der Waals surface area contributed by atoms with Crippen LogP contribution in [0.5, 0.6) is 23.0 Å². The minimum absolute atomic E-state index is 0.0610. The minimum Gasteiger partial charge on any atom is -0.492 e. The van der Waals surface area contributed by atoms with Crippen LogP contribution in [0.4, 0.5) is 0 Å². The van der Waals surface area contributed by atoms with Gasteiger partial charge in [-0.2, -0.15) is 0 Å². The van der Waals surface area contributed by atoms with Gasteiger partial charge in [0.1, 0.15) is 11.1 Å². The molecule has 110 valence electrons. The fraction of sp³-hybridized carbons (Fsp3) is 0.333. The van der Waals surface area contributed by atoms with Crippen LogP contribution in [-0.2, 0) is 0 Å². The molecule has 0 aliphatic rings. The lowest BCUT2D eigenvalue weighted by atomic mass is 10.1. The summed E-state index contributed by atoms with van der Waals surface area (Å²) in [6.07, 6.45) is 0. The van der Waals surface area contributed by atoms with Gasteiger partial charge in [-0.05, 0) is 23.2 Å². The van der Waals surface area contributed by atoms with Crippen LogP contribution in [0.1, 0.15) is 20.7 Å². The lowest BCUT2D eigenvalue weighted by Gasteiger charge is -2.19. The normalized spacial score (nSPS) is 9.90. The topological polar surface area (TPSA) is 71.1 Å². The average molecular weight is 323 g/mol. The second-order valence-electron chi connectivity index (χ2n) is 3.43. The standard InChI is InChI=1S/C12H12Cl2O6/c1-17-7-5(11(13)15)9(19-3)10(20-4)6(12(14)16)8(7)18-2/h1-4H3. The summed E-state index contributed by atoms with van der Waals surface area (Å²) in [5, 5.41) is -1.72. The second kappa shape index (κ2) is 6.67. The minimum atomic E-state index is -0.858. The van der Waals surface area contributed by atoms with Crippen LogP contribution in [-0.4, -0.2) is 38.9 Å². The van der Waals surface area contributed by atoms with Crippen molar-refractivity contribution in [2.24, 2.45) is 0 Å². The van der Waals surface area contributed by atoms with E-state index in [0.29, 0.717) is 0 Å². The van der Waals surface area contributed by atoms with Gasteiger partial charge in [0, 0.05) is 0 Å². The zero-order valence-corrected chi connectivity index (χ0v) is 12.7. The van der Waals surface area contributed by atoms with Gasteiger partial charge in [-0.1, -0.05) is 0 Å². The van der Waals surface area contributed by atoms with Gasteiger partial charge in [-0.25, -0.2) is 0 Å². The zero-order valence-electron chi connectivity index (χ0n) is 11.2. The average Bonchev–Trinajstić information content (AvgIpc) is 2.42. The van der Waals surface area contributed by atoms with Crippen LogP contribution in [0.25, 0.3) is 0 Å². The van der Waals surface area contributed by atoms with Crippen LogP contribution < -0.4 is 18.9 Å². The number of hydrogen-bond acceptors (Lipinski definition) is 6. The third kappa shape index (κ3) is 2.62. The van der Waals surface area contributed by atoms with Gasteiger partial charge >= 0.3 is 0 Å². The van der Waals surface area contributed by atoms with Crippen molar-refractivity contribution in [2.45, 2.75) is 0 Å². The number of carbonyl (C=O) groups is 2. The molecule has 0 atom stereocenters. The molecule has 0 N–H and O–H groups in total. The first kappa shape index (κ1) is 16.4. The van der Waals surface area contributed by atoms with Gasteiger partial charge < -0.3 is 18.9 Å². The van der Waals surface area contributed by atoms with E-state index >= 15 is 0 Å². The summed E-state index contributed by atoms with van der Waals surface area (Å²) in [6.45, 7) is 0. The first-order valence-corrected chi connectivity index (χ1v) is 5.99. The van der Waals surface area contributed by atoms with E-state index in [4.69, 9.17) is 42.1 Å². The highest BCUT2D eigenvalue weighted by molar-refractivity contribution is 6.69. The van der Waals surface area contributed by atoms with Crippen LogP contribution >= 0.6 is 23.2 Å². The van der Waals surface area contributed by atoms with E-state index in [1.54, 1.807) is 0 Å². The highest BCUT2D eigenvalue weighted by Crippen LogP contribution is 2.49. The summed E-state index contributed by atoms with van der Waals surface area (Å²) in [7, 11) is 5.15. The predicted molar refractivity (Wildman–Crippen MR) is 73.0 cm³/mol. The number of carbonyl (C=O) groups excluding carboxylic acids is 2. The molecule has 20 heavy (non-hydrogen) atoms. The number of halogens is 2. The summed E-state index contributed by atoms with van der Waals surface area (Å²) in [6, 6.07) is 0. The first-order valence-electron chi connectivity index (χ1n) is 5.24. The second-order valence-corrected chi connectivity index (χ2v) is 4.12. The lowest BCUT2D eigenvalue weighted by molar-refractivity contribution is 0.105. The smallest absolute Gasteiger partial charge is 0.260 e. The molecular weight excluding hydrogens is 311 g/mol. The summed E-state index contributed by atoms with van der Waals surface area (Å²) in [5.74, 6) is -0.244. The van der Waals surface area contributed by atoms with Crippen molar-refractivity contribution in [1.82, 2.24) is 0 Å². The molecule has 0 amide bonds. The molecule has 8 heteroatoms. The third-order valence-corrected chi connectivity index (χ3v) is 2.91. The van der Waals surface area contributed by atoms with Gasteiger partial charge in [0.2, 0.25) is 0 Å². The molecule has 0 aliphatic carbocycles. The molecule has 1 aromatic rings. The van der Waals surface area contributed by atoms with Crippen LogP contribution in [0, 0.1) is 0 Å². The summed E-state index contributed by atoms with van der Waals surface area (Å²) in [4.78, 5) is 23.2. The van der Waals surface area contributed by atoms with Crippen LogP contribution in [0.3, 0.4) is 0 Å². The van der Waals surface area contributed by atoms with Crippen molar-refractivity contribution in [1.29, 1.82) is 0 Å². The Bertz CT molecular complexity index is 473. The number of methoxy groups -OCH3 is 4. The molecule has 0 heterocycles. The Balaban J connectivity index is 3.98. The van der Waals surface area contributed by atoms with E-state index in [9.17, 15) is 9.59 Å². The molecule has 0 radical (unpaired) electrons. The Kier molecular flexibility index (Phi) is 5.47. The molecule has 1 aromatic carbocycles. The maximum Gasteiger partial charge on any atom is 0.260 e. The van der Waals surface area contributed by atoms with Crippen molar-refractivity contribution in [3.8, 4) is 23.0 Å². The summed E-state index contributed by atoms with van der Waals surface area (Å²) < 4.78 is 20.3. The van der Waals surface area contributed by atoms with Crippen molar-refractivity contribution in [2.75, 3.05) is 28.4 Å². The van der Waals surface area contributed by atoms with Gasteiger partial charge in [0.25, 0.3) is 10.5 Å². The molecule has 0 unspecified atom stereocenters. The number of hydrogen-bond donors (Lipinski definition) is 0. The van der Waals surface area contributed by atoms with Gasteiger partial charge in [-0.3, -0.25) is 9.59 Å². The van der Waals surface area contributed by atoms with Crippen molar-refractivity contribution in [3.63, 3.8) is 0 Å². The van der Waals surface area contributed by atoms with E-state index in [0.717, 1.165) is 0 Å². The number of rotatable bonds is 6. The summed E-state index contributed by atoms with van der Waals surface area (Å²) >= 11 is 11.1. The molecule has 0 saturated heterocycles. The first-order chi connectivity index (χ1) is 9.44. The van der Waals surface area contributed by atoms with Crippen LogP contribution in [0.15, 0.2) is 0 Å². The van der Waals surface area contributed by atoms with Crippen molar-refractivity contribution in [3.05, 3.63) is 11.1 Å². The molecule has 1 rings (SSSR count). The molecule has 0 aromatic heterocycles. The fourth-order valence-corrected chi connectivity index (χ4v) is 2.14. The Morgan fingerprint density at radius 1 is 0.650 bits per heavy atom. The fourth-order valence-electron chi connectivity index (χ4n) is 1.80. The monoisotopic (exact) mass is 322 g/mol. The highest BCUT2D eigenvalue weighted by Gasteiger charge is 2.32. The van der Waals surface area contributed by atoms with Gasteiger partial charge in [0.05, 0.1) is 28.4 Å². The third-order valence-electron chi connectivity index (χ3n) is 2.53. The number of ether oxygens (including phenoxy) is 4. The zero-order chi connectivity index (χ0) is 15.4. The maximum atomic E-state index is 11.6. The molecule has 0 aliphatic heterocycles. The van der Waals surface area contributed by atoms with Crippen LogP contribution in [0.2, 0.25) is 0 Å². The Labute approximate surface area is 125 Å². The molecule has 0 fully saturated rings. The van der Waals surface area contributed by atoms with E-state index in [-0.39, 0.29) is 34.1 Å².